The van der Waals surface area contributed by atoms with Gasteiger partial charge in [-0.05, 0) is 30.6 Å². The second kappa shape index (κ2) is 4.76. The maximum atomic E-state index is 3.17. The van der Waals surface area contributed by atoms with Crippen molar-refractivity contribution in [1.29, 1.82) is 0 Å². The van der Waals surface area contributed by atoms with Crippen molar-refractivity contribution in [3.8, 4) is 0 Å². The maximum Gasteiger partial charge on any atom is -0.00882 e. The van der Waals surface area contributed by atoms with Crippen molar-refractivity contribution in [2.45, 2.75) is 26.2 Å². The maximum absolute atomic E-state index is 3.17. The highest BCUT2D eigenvalue weighted by Gasteiger charge is 1.90. The van der Waals surface area contributed by atoms with E-state index in [1.54, 1.807) is 0 Å². The molecular weight excluding hydrogens is 132 g/mol. The first-order valence-electron chi connectivity index (χ1n) is 4.20. The smallest absolute Gasteiger partial charge is 0.00882 e. The van der Waals surface area contributed by atoms with Gasteiger partial charge >= 0.3 is 0 Å². The third kappa shape index (κ3) is 3.06. The topological polar surface area (TPSA) is 0 Å². The fourth-order valence-corrected chi connectivity index (χ4v) is 0.964. The lowest BCUT2D eigenvalue weighted by Crippen LogP contribution is -1.65. The van der Waals surface area contributed by atoms with Crippen LogP contribution in [0.25, 0.3) is 0 Å². The molecule has 11 heavy (non-hydrogen) atoms. The number of allylic oxidation sites excluding steroid dienone is 5. The lowest BCUT2D eigenvalue weighted by Gasteiger charge is -1.84. The predicted molar refractivity (Wildman–Crippen MR) is 49.4 cm³/mol. The van der Waals surface area contributed by atoms with Gasteiger partial charge in [-0.2, -0.15) is 0 Å². The molecule has 0 heterocycles. The van der Waals surface area contributed by atoms with Gasteiger partial charge in [-0.3, -0.25) is 0 Å². The monoisotopic (exact) mass is 146 g/mol. The van der Waals surface area contributed by atoms with E-state index in [0.717, 1.165) is 12.8 Å². The van der Waals surface area contributed by atoms with Gasteiger partial charge in [0.05, 0.1) is 0 Å². The highest BCUT2D eigenvalue weighted by molar-refractivity contribution is 5.31. The fourth-order valence-electron chi connectivity index (χ4n) is 0.964. The van der Waals surface area contributed by atoms with Crippen LogP contribution >= 0.6 is 0 Å². The lowest BCUT2D eigenvalue weighted by atomic mass is 10.2. The molecule has 0 aromatic rings. The molecule has 0 aliphatic heterocycles. The van der Waals surface area contributed by atoms with Gasteiger partial charge in [0.2, 0.25) is 0 Å². The van der Waals surface area contributed by atoms with E-state index in [0.29, 0.717) is 0 Å². The number of hydrogen-bond donors (Lipinski definition) is 0. The van der Waals surface area contributed by atoms with E-state index in [-0.39, 0.29) is 0 Å². The van der Waals surface area contributed by atoms with E-state index in [1.165, 1.54) is 12.0 Å². The predicted octanol–water partition coefficient (Wildman–Crippen LogP) is 3.38. The van der Waals surface area contributed by atoms with Crippen molar-refractivity contribution in [3.63, 3.8) is 0 Å². The quantitative estimate of drug-likeness (QED) is 0.535. The van der Waals surface area contributed by atoms with Crippen molar-refractivity contribution in [2.24, 2.45) is 0 Å². The summed E-state index contributed by atoms with van der Waals surface area (Å²) in [6.07, 6.45) is 14.0. The first kappa shape index (κ1) is 8.10. The van der Waals surface area contributed by atoms with Crippen LogP contribution in [0.2, 0.25) is 0 Å². The van der Waals surface area contributed by atoms with Crippen molar-refractivity contribution in [1.82, 2.24) is 0 Å². The molecule has 0 amide bonds. The molecule has 1 aliphatic carbocycles. The van der Waals surface area contributed by atoms with Crippen LogP contribution in [-0.2, 0) is 0 Å². The molecule has 0 radical (unpaired) electrons. The van der Waals surface area contributed by atoms with E-state index >= 15 is 0 Å². The Morgan fingerprint density at radius 2 is 2.55 bits per heavy atom. The molecule has 0 saturated carbocycles. The molecule has 0 atom stereocenters. The van der Waals surface area contributed by atoms with E-state index in [2.05, 4.69) is 43.0 Å². The van der Waals surface area contributed by atoms with Crippen LogP contribution in [0.5, 0.6) is 0 Å². The normalized spacial score (nSPS) is 14.1. The third-order valence-corrected chi connectivity index (χ3v) is 1.62. The van der Waals surface area contributed by atoms with Crippen molar-refractivity contribution < 1.29 is 0 Å². The molecule has 0 nitrogen and oxygen atoms in total. The zero-order valence-corrected chi connectivity index (χ0v) is 7.01. The Morgan fingerprint density at radius 3 is 3.18 bits per heavy atom. The van der Waals surface area contributed by atoms with Gasteiger partial charge in [0.25, 0.3) is 0 Å². The van der Waals surface area contributed by atoms with Crippen molar-refractivity contribution in [2.75, 3.05) is 0 Å². The second-order valence-electron chi connectivity index (χ2n) is 2.68. The minimum Gasteiger partial charge on any atom is -0.125 e. The van der Waals surface area contributed by atoms with Crippen LogP contribution in [0.1, 0.15) is 26.2 Å². The molecule has 0 unspecified atom stereocenters. The van der Waals surface area contributed by atoms with Crippen LogP contribution in [-0.4, -0.2) is 0 Å². The number of rotatable bonds is 3. The second-order valence-corrected chi connectivity index (χ2v) is 2.68. The zero-order valence-electron chi connectivity index (χ0n) is 7.01. The summed E-state index contributed by atoms with van der Waals surface area (Å²) < 4.78 is 0. The van der Waals surface area contributed by atoms with Crippen LogP contribution in [0.15, 0.2) is 41.7 Å². The summed E-state index contributed by atoms with van der Waals surface area (Å²) in [6, 6.07) is 0. The molecule has 1 rings (SSSR count). The molecule has 0 aromatic heterocycles. The molecule has 0 saturated heterocycles. The van der Waals surface area contributed by atoms with Crippen LogP contribution < -0.4 is 0 Å². The van der Waals surface area contributed by atoms with Crippen LogP contribution in [0, 0.1) is 0 Å². The summed E-state index contributed by atoms with van der Waals surface area (Å²) in [5.74, 6) is 0. The average Bonchev–Trinajstić information content (AvgIpc) is 2.50. The van der Waals surface area contributed by atoms with Crippen LogP contribution in [0.4, 0.5) is 0 Å². The molecular formula is C11H14. The molecule has 0 fully saturated rings. The van der Waals surface area contributed by atoms with Crippen molar-refractivity contribution in [3.05, 3.63) is 41.7 Å². The summed E-state index contributed by atoms with van der Waals surface area (Å²) in [6.45, 7) is 2.18. The summed E-state index contributed by atoms with van der Waals surface area (Å²) in [5.41, 5.74) is 4.53. The van der Waals surface area contributed by atoms with E-state index in [4.69, 9.17) is 0 Å². The highest BCUT2D eigenvalue weighted by atomic mass is 14.0. The van der Waals surface area contributed by atoms with E-state index in [1.807, 2.05) is 0 Å². The Hall–Kier alpha value is -1.00. The Bertz CT molecular complexity index is 222. The highest BCUT2D eigenvalue weighted by Crippen LogP contribution is 2.10. The third-order valence-electron chi connectivity index (χ3n) is 1.62. The molecule has 0 aromatic carbocycles. The summed E-state index contributed by atoms with van der Waals surface area (Å²) in [7, 11) is 0. The molecule has 58 valence electrons. The summed E-state index contributed by atoms with van der Waals surface area (Å²) in [4.78, 5) is 0. The first-order valence-corrected chi connectivity index (χ1v) is 4.20. The summed E-state index contributed by atoms with van der Waals surface area (Å²) in [5, 5.41) is 0. The van der Waals surface area contributed by atoms with Gasteiger partial charge in [0.15, 0.2) is 0 Å². The largest absolute Gasteiger partial charge is 0.125 e. The number of unbranched alkanes of at least 4 members (excludes halogenated alkanes) is 1. The van der Waals surface area contributed by atoms with E-state index in [9.17, 15) is 0 Å². The standard InChI is InChI=1S/C11H14/c1-2-3-4-5-8-11-9-6-7-10-11/h4,6-9H,2-3,10H2,1H3. The SMILES string of the molecule is CCCC=C=CC1=CC=CC1. The fraction of sp³-hybridized carbons (Fsp3) is 0.364. The van der Waals surface area contributed by atoms with Gasteiger partial charge in [-0.15, -0.1) is 5.73 Å². The summed E-state index contributed by atoms with van der Waals surface area (Å²) >= 11 is 0. The lowest BCUT2D eigenvalue weighted by molar-refractivity contribution is 0.960. The number of hydrogen-bond acceptors (Lipinski definition) is 0. The van der Waals surface area contributed by atoms with Gasteiger partial charge in [0, 0.05) is 0 Å². The van der Waals surface area contributed by atoms with Gasteiger partial charge in [-0.1, -0.05) is 31.6 Å². The Labute approximate surface area is 68.6 Å². The molecule has 1 aliphatic rings. The first-order chi connectivity index (χ1) is 5.43. The van der Waals surface area contributed by atoms with E-state index < -0.39 is 0 Å². The molecule has 0 spiro atoms. The van der Waals surface area contributed by atoms with Gasteiger partial charge < -0.3 is 0 Å². The minimum atomic E-state index is 1.08. The molecule has 0 bridgehead atoms. The van der Waals surface area contributed by atoms with Crippen LogP contribution in [0.3, 0.4) is 0 Å². The zero-order chi connectivity index (χ0) is 7.94. The van der Waals surface area contributed by atoms with Gasteiger partial charge in [0.1, 0.15) is 0 Å². The van der Waals surface area contributed by atoms with Crippen molar-refractivity contribution >= 4 is 0 Å². The van der Waals surface area contributed by atoms with Gasteiger partial charge in [-0.25, -0.2) is 0 Å². The molecule has 0 heteroatoms. The Morgan fingerprint density at radius 1 is 1.64 bits per heavy atom. The Kier molecular flexibility index (Phi) is 3.51. The Balaban J connectivity index is 2.35. The average molecular weight is 146 g/mol. The molecule has 0 N–H and O–H groups in total. The minimum absolute atomic E-state index is 1.08.